The number of aromatic nitrogens is 3. The molecule has 8 nitrogen and oxygen atoms in total. The van der Waals surface area contributed by atoms with Gasteiger partial charge in [-0.2, -0.15) is 9.97 Å². The van der Waals surface area contributed by atoms with E-state index in [1.807, 2.05) is 0 Å². The van der Waals surface area contributed by atoms with Crippen LogP contribution in [0.2, 0.25) is 0 Å². The Bertz CT molecular complexity index is 1100. The van der Waals surface area contributed by atoms with Gasteiger partial charge in [0, 0.05) is 38.4 Å². The second kappa shape index (κ2) is 9.31. The first-order chi connectivity index (χ1) is 14.9. The number of hydrogen-bond donors (Lipinski definition) is 1. The molecule has 1 aliphatic heterocycles. The molecule has 1 aliphatic rings. The van der Waals surface area contributed by atoms with Gasteiger partial charge in [0.25, 0.3) is 0 Å². The fourth-order valence-electron chi connectivity index (χ4n) is 3.35. The summed E-state index contributed by atoms with van der Waals surface area (Å²) in [6.45, 7) is 1.47. The van der Waals surface area contributed by atoms with Crippen molar-refractivity contribution in [3.8, 4) is 11.6 Å². The lowest BCUT2D eigenvalue weighted by molar-refractivity contribution is -0.137. The van der Waals surface area contributed by atoms with Gasteiger partial charge in [-0.25, -0.2) is 9.37 Å². The van der Waals surface area contributed by atoms with Crippen LogP contribution in [0.3, 0.4) is 0 Å². The summed E-state index contributed by atoms with van der Waals surface area (Å²) in [7, 11) is 1.52. The molecule has 0 unspecified atom stereocenters. The number of thiazole rings is 1. The Kier molecular flexibility index (Phi) is 6.51. The van der Waals surface area contributed by atoms with E-state index >= 15 is 0 Å². The van der Waals surface area contributed by atoms with Crippen LogP contribution in [0, 0.1) is 5.82 Å². The number of benzene rings is 1. The maximum atomic E-state index is 13.5. The maximum absolute atomic E-state index is 13.5. The van der Waals surface area contributed by atoms with Crippen LogP contribution in [0.4, 0.5) is 9.52 Å². The molecule has 0 spiro atoms. The van der Waals surface area contributed by atoms with Crippen molar-refractivity contribution in [3.05, 3.63) is 34.3 Å². The van der Waals surface area contributed by atoms with Gasteiger partial charge in [0.05, 0.1) is 18.0 Å². The van der Waals surface area contributed by atoms with Crippen LogP contribution in [0.5, 0.6) is 11.6 Å². The number of aliphatic carboxylic acids is 1. The summed E-state index contributed by atoms with van der Waals surface area (Å²) in [6.07, 6.45) is 1.69. The molecule has 1 aromatic carbocycles. The fraction of sp³-hybridized carbons (Fsp3) is 0.400. The number of methoxy groups -OCH3 is 1. The van der Waals surface area contributed by atoms with E-state index in [0.717, 1.165) is 40.2 Å². The quantitative estimate of drug-likeness (QED) is 0.508. The number of carboxylic acids is 1. The van der Waals surface area contributed by atoms with Crippen molar-refractivity contribution >= 4 is 48.7 Å². The summed E-state index contributed by atoms with van der Waals surface area (Å²) < 4.78 is 26.3. The van der Waals surface area contributed by atoms with Crippen LogP contribution in [0.1, 0.15) is 25.1 Å². The van der Waals surface area contributed by atoms with Crippen molar-refractivity contribution in [2.75, 3.05) is 25.1 Å². The van der Waals surface area contributed by atoms with Crippen molar-refractivity contribution in [3.63, 3.8) is 0 Å². The average Bonchev–Trinajstić information content (AvgIpc) is 3.19. The van der Waals surface area contributed by atoms with E-state index < -0.39 is 5.97 Å². The molecular weight excluding hydrogens is 491 g/mol. The van der Waals surface area contributed by atoms with Crippen molar-refractivity contribution in [2.45, 2.75) is 31.8 Å². The predicted molar refractivity (Wildman–Crippen MR) is 118 cm³/mol. The highest BCUT2D eigenvalue weighted by Crippen LogP contribution is 2.35. The molecule has 3 aromatic rings. The molecule has 0 aliphatic carbocycles. The molecule has 31 heavy (non-hydrogen) atoms. The number of rotatable bonds is 7. The molecule has 0 saturated carbocycles. The molecule has 0 atom stereocenters. The number of halogens is 2. The lowest BCUT2D eigenvalue weighted by Gasteiger charge is -2.32. The van der Waals surface area contributed by atoms with Crippen LogP contribution < -0.4 is 14.4 Å². The Morgan fingerprint density at radius 2 is 2.10 bits per heavy atom. The van der Waals surface area contributed by atoms with Crippen molar-refractivity contribution < 1.29 is 23.8 Å². The molecule has 4 rings (SSSR count). The van der Waals surface area contributed by atoms with Crippen molar-refractivity contribution in [1.82, 2.24) is 15.0 Å². The summed E-state index contributed by atoms with van der Waals surface area (Å²) in [4.78, 5) is 26.4. The Labute approximate surface area is 190 Å². The number of ether oxygens (including phenoxy) is 2. The summed E-state index contributed by atoms with van der Waals surface area (Å²) in [5, 5.41) is 9.70. The van der Waals surface area contributed by atoms with E-state index in [0.29, 0.717) is 23.1 Å². The van der Waals surface area contributed by atoms with Gasteiger partial charge in [-0.1, -0.05) is 11.3 Å². The molecule has 0 amide bonds. The van der Waals surface area contributed by atoms with Crippen LogP contribution in [0.15, 0.2) is 22.7 Å². The number of aryl methyl sites for hydroxylation is 1. The maximum Gasteiger partial charge on any atom is 0.303 e. The normalized spacial score (nSPS) is 14.7. The first-order valence-corrected chi connectivity index (χ1v) is 11.3. The van der Waals surface area contributed by atoms with Gasteiger partial charge in [0.1, 0.15) is 28.2 Å². The number of anilines is 1. The second-order valence-corrected chi connectivity index (χ2v) is 8.90. The molecule has 3 heterocycles. The minimum absolute atomic E-state index is 0.0133. The minimum atomic E-state index is -0.906. The van der Waals surface area contributed by atoms with E-state index in [1.54, 1.807) is 6.07 Å². The average molecular weight is 511 g/mol. The number of fused-ring (bicyclic) bond motifs is 1. The molecule has 1 saturated heterocycles. The summed E-state index contributed by atoms with van der Waals surface area (Å²) in [6, 6.07) is 4.41. The molecule has 11 heteroatoms. The van der Waals surface area contributed by atoms with E-state index in [9.17, 15) is 9.18 Å². The number of hydrogen-bond acceptors (Lipinski definition) is 8. The third kappa shape index (κ3) is 5.04. The molecule has 1 N–H and O–H groups in total. The molecule has 1 fully saturated rings. The van der Waals surface area contributed by atoms with E-state index in [-0.39, 0.29) is 24.8 Å². The summed E-state index contributed by atoms with van der Waals surface area (Å²) in [5.74, 6) is 0.0758. The molecule has 164 valence electrons. The largest absolute Gasteiger partial charge is 0.489 e. The zero-order valence-corrected chi connectivity index (χ0v) is 19.1. The van der Waals surface area contributed by atoms with E-state index in [4.69, 9.17) is 14.6 Å². The van der Waals surface area contributed by atoms with Gasteiger partial charge in [-0.05, 0) is 28.1 Å². The highest BCUT2D eigenvalue weighted by atomic mass is 79.9. The Hall–Kier alpha value is -2.53. The highest BCUT2D eigenvalue weighted by molar-refractivity contribution is 9.10. The first-order valence-electron chi connectivity index (χ1n) is 9.73. The molecule has 2 aromatic heterocycles. The van der Waals surface area contributed by atoms with Gasteiger partial charge in [0.15, 0.2) is 10.8 Å². The van der Waals surface area contributed by atoms with Crippen molar-refractivity contribution in [2.24, 2.45) is 0 Å². The lowest BCUT2D eigenvalue weighted by atomic mass is 10.1. The zero-order chi connectivity index (χ0) is 22.0. The topological polar surface area (TPSA) is 97.7 Å². The Morgan fingerprint density at radius 3 is 2.81 bits per heavy atom. The SMILES string of the molecule is COc1nc(CCC(=O)O)nc2nc(N3CCC(Oc4cc(F)ccc4Br)CC3)sc12. The van der Waals surface area contributed by atoms with Gasteiger partial charge in [-0.15, -0.1) is 0 Å². The number of piperidine rings is 1. The standard InChI is InChI=1S/C20H20BrFN4O4S/c1-29-19-17-18(23-15(24-19)4-5-16(27)28)25-20(31-17)26-8-6-12(7-9-26)30-14-10-11(22)2-3-13(14)21/h2-3,10,12H,4-9H2,1H3,(H,27,28). The fourth-order valence-corrected chi connectivity index (χ4v) is 4.71. The van der Waals surface area contributed by atoms with Crippen LogP contribution in [-0.4, -0.2) is 52.3 Å². The Balaban J connectivity index is 1.46. The van der Waals surface area contributed by atoms with E-state index in [1.165, 1.54) is 30.6 Å². The van der Waals surface area contributed by atoms with E-state index in [2.05, 4.69) is 35.8 Å². The molecule has 0 radical (unpaired) electrons. The van der Waals surface area contributed by atoms with Crippen LogP contribution in [0.25, 0.3) is 10.3 Å². The minimum Gasteiger partial charge on any atom is -0.489 e. The van der Waals surface area contributed by atoms with Gasteiger partial charge < -0.3 is 19.5 Å². The number of carbonyl (C=O) groups is 1. The van der Waals surface area contributed by atoms with Crippen molar-refractivity contribution in [1.29, 1.82) is 0 Å². The number of nitrogens with zero attached hydrogens (tertiary/aromatic N) is 4. The highest BCUT2D eigenvalue weighted by Gasteiger charge is 2.25. The summed E-state index contributed by atoms with van der Waals surface area (Å²) >= 11 is 4.84. The zero-order valence-electron chi connectivity index (χ0n) is 16.7. The van der Waals surface area contributed by atoms with Gasteiger partial charge >= 0.3 is 5.97 Å². The lowest BCUT2D eigenvalue weighted by Crippen LogP contribution is -2.38. The van der Waals surface area contributed by atoms with Gasteiger partial charge in [0.2, 0.25) is 5.88 Å². The monoisotopic (exact) mass is 510 g/mol. The first kappa shape index (κ1) is 21.7. The Morgan fingerprint density at radius 1 is 1.32 bits per heavy atom. The predicted octanol–water partition coefficient (Wildman–Crippen LogP) is 4.06. The molecular formula is C20H20BrFN4O4S. The third-order valence-electron chi connectivity index (χ3n) is 4.91. The summed E-state index contributed by atoms with van der Waals surface area (Å²) in [5.41, 5.74) is 0.509. The smallest absolute Gasteiger partial charge is 0.303 e. The van der Waals surface area contributed by atoms with Crippen LogP contribution in [-0.2, 0) is 11.2 Å². The third-order valence-corrected chi connectivity index (χ3v) is 6.66. The van der Waals surface area contributed by atoms with Gasteiger partial charge in [-0.3, -0.25) is 4.79 Å². The molecule has 0 bridgehead atoms. The second-order valence-electron chi connectivity index (χ2n) is 7.07. The van der Waals surface area contributed by atoms with Crippen LogP contribution >= 0.6 is 27.3 Å². The number of carboxylic acid groups (broad SMARTS) is 1.